The predicted octanol–water partition coefficient (Wildman–Crippen LogP) is 2.00. The molecule has 0 radical (unpaired) electrons. The van der Waals surface area contributed by atoms with Gasteiger partial charge in [0.05, 0.1) is 5.69 Å². The third-order valence-electron chi connectivity index (χ3n) is 2.76. The molecule has 1 heterocycles. The molecule has 1 aromatic rings. The summed E-state index contributed by atoms with van der Waals surface area (Å²) in [6, 6.07) is 6.86. The zero-order valence-corrected chi connectivity index (χ0v) is 9.65. The van der Waals surface area contributed by atoms with Crippen molar-refractivity contribution in [1.82, 2.24) is 5.32 Å². The first-order valence-electron chi connectivity index (χ1n) is 5.25. The summed E-state index contributed by atoms with van der Waals surface area (Å²) in [7, 11) is 0. The molecule has 2 rings (SSSR count). The van der Waals surface area contributed by atoms with Gasteiger partial charge in [0.1, 0.15) is 12.1 Å². The highest BCUT2D eigenvalue weighted by molar-refractivity contribution is 6.21. The normalized spacial score (nSPS) is 17.5. The first-order chi connectivity index (χ1) is 8.11. The molecule has 0 atom stereocenters. The summed E-state index contributed by atoms with van der Waals surface area (Å²) in [5.74, 6) is 0.470. The maximum Gasteiger partial charge on any atom is 0.252 e. The van der Waals surface area contributed by atoms with Crippen LogP contribution in [0, 0.1) is 0 Å². The number of carbonyl (C=O) groups is 2. The Bertz CT molecular complexity index is 539. The van der Waals surface area contributed by atoms with Crippen LogP contribution in [0.2, 0.25) is 0 Å². The average molecular weight is 228 g/mol. The Hall–Kier alpha value is -2.23. The third kappa shape index (κ3) is 2.15. The Labute approximate surface area is 99.1 Å². The summed E-state index contributed by atoms with van der Waals surface area (Å²) in [5.41, 5.74) is 2.86. The van der Waals surface area contributed by atoms with E-state index in [1.807, 2.05) is 6.92 Å². The standard InChI is InChI=1S/C13H12N2O2/c1-8-9(2)13(17)15-12(8)14-11-5-3-10(7-16)4-6-11/h3-7H,1-2H3,(H,14,15,17). The minimum atomic E-state index is -0.106. The summed E-state index contributed by atoms with van der Waals surface area (Å²) in [6.07, 6.45) is 0.781. The Morgan fingerprint density at radius 3 is 2.24 bits per heavy atom. The summed E-state index contributed by atoms with van der Waals surface area (Å²) < 4.78 is 0. The molecule has 0 aromatic heterocycles. The second-order valence-electron chi connectivity index (χ2n) is 3.87. The largest absolute Gasteiger partial charge is 0.307 e. The van der Waals surface area contributed by atoms with Gasteiger partial charge in [-0.05, 0) is 38.1 Å². The highest BCUT2D eigenvalue weighted by atomic mass is 16.2. The average Bonchev–Trinajstić information content (AvgIpc) is 2.58. The lowest BCUT2D eigenvalue weighted by Crippen LogP contribution is -2.22. The van der Waals surface area contributed by atoms with Crippen LogP contribution >= 0.6 is 0 Å². The third-order valence-corrected chi connectivity index (χ3v) is 2.76. The first kappa shape index (κ1) is 11.3. The smallest absolute Gasteiger partial charge is 0.252 e. The van der Waals surface area contributed by atoms with E-state index in [0.29, 0.717) is 22.7 Å². The number of carbonyl (C=O) groups excluding carboxylic acids is 2. The minimum Gasteiger partial charge on any atom is -0.307 e. The molecule has 0 saturated carbocycles. The molecule has 4 nitrogen and oxygen atoms in total. The van der Waals surface area contributed by atoms with Crippen LogP contribution in [0.5, 0.6) is 0 Å². The highest BCUT2D eigenvalue weighted by Gasteiger charge is 2.21. The zero-order chi connectivity index (χ0) is 12.4. The SMILES string of the molecule is CC1=C(C)C(=Nc2ccc(C=O)cc2)NC1=O. The Kier molecular flexibility index (Phi) is 2.87. The van der Waals surface area contributed by atoms with Gasteiger partial charge in [-0.2, -0.15) is 0 Å². The number of hydrogen-bond donors (Lipinski definition) is 1. The molecular formula is C13H12N2O2. The predicted molar refractivity (Wildman–Crippen MR) is 65.4 cm³/mol. The van der Waals surface area contributed by atoms with Crippen molar-refractivity contribution in [3.63, 3.8) is 0 Å². The Morgan fingerprint density at radius 2 is 1.76 bits per heavy atom. The molecule has 0 unspecified atom stereocenters. The number of rotatable bonds is 2. The fourth-order valence-corrected chi connectivity index (χ4v) is 1.51. The van der Waals surface area contributed by atoms with E-state index in [9.17, 15) is 9.59 Å². The fraction of sp³-hybridized carbons (Fsp3) is 0.154. The van der Waals surface area contributed by atoms with E-state index < -0.39 is 0 Å². The van der Waals surface area contributed by atoms with Gasteiger partial charge in [-0.1, -0.05) is 0 Å². The van der Waals surface area contributed by atoms with Gasteiger partial charge in [-0.3, -0.25) is 9.59 Å². The van der Waals surface area contributed by atoms with Gasteiger partial charge in [0.25, 0.3) is 5.91 Å². The fourth-order valence-electron chi connectivity index (χ4n) is 1.51. The number of amidine groups is 1. The van der Waals surface area contributed by atoms with Crippen LogP contribution in [0.4, 0.5) is 5.69 Å². The van der Waals surface area contributed by atoms with Gasteiger partial charge in [0, 0.05) is 16.7 Å². The molecule has 1 aliphatic rings. The number of nitrogens with one attached hydrogen (secondary N) is 1. The van der Waals surface area contributed by atoms with Gasteiger partial charge >= 0.3 is 0 Å². The van der Waals surface area contributed by atoms with E-state index in [1.54, 1.807) is 31.2 Å². The maximum absolute atomic E-state index is 11.4. The lowest BCUT2D eigenvalue weighted by molar-refractivity contribution is -0.115. The van der Waals surface area contributed by atoms with Crippen LogP contribution in [0.3, 0.4) is 0 Å². The van der Waals surface area contributed by atoms with Gasteiger partial charge in [-0.15, -0.1) is 0 Å². The zero-order valence-electron chi connectivity index (χ0n) is 9.65. The van der Waals surface area contributed by atoms with Crippen molar-refractivity contribution in [2.45, 2.75) is 13.8 Å². The molecule has 1 aliphatic heterocycles. The van der Waals surface area contributed by atoms with E-state index in [2.05, 4.69) is 10.3 Å². The van der Waals surface area contributed by atoms with E-state index in [1.165, 1.54) is 0 Å². The molecule has 0 aliphatic carbocycles. The van der Waals surface area contributed by atoms with Crippen molar-refractivity contribution in [3.05, 3.63) is 41.0 Å². The van der Waals surface area contributed by atoms with Crippen molar-refractivity contribution in [2.75, 3.05) is 0 Å². The number of amides is 1. The molecule has 0 bridgehead atoms. The second-order valence-corrected chi connectivity index (χ2v) is 3.87. The molecule has 1 amide bonds. The van der Waals surface area contributed by atoms with Crippen molar-refractivity contribution < 1.29 is 9.59 Å². The van der Waals surface area contributed by atoms with E-state index in [0.717, 1.165) is 11.9 Å². The molecule has 4 heteroatoms. The van der Waals surface area contributed by atoms with Crippen LogP contribution in [-0.2, 0) is 4.79 Å². The van der Waals surface area contributed by atoms with Crippen LogP contribution in [-0.4, -0.2) is 18.0 Å². The molecule has 0 spiro atoms. The first-order valence-corrected chi connectivity index (χ1v) is 5.25. The summed E-state index contributed by atoms with van der Waals surface area (Å²) in [4.78, 5) is 26.2. The van der Waals surface area contributed by atoms with Gasteiger partial charge in [0.2, 0.25) is 0 Å². The van der Waals surface area contributed by atoms with Gasteiger partial charge in [-0.25, -0.2) is 4.99 Å². The number of hydrogen-bond acceptors (Lipinski definition) is 3. The molecule has 1 N–H and O–H groups in total. The summed E-state index contributed by atoms with van der Waals surface area (Å²) in [6.45, 7) is 3.62. The van der Waals surface area contributed by atoms with Crippen LogP contribution in [0.15, 0.2) is 40.4 Å². The van der Waals surface area contributed by atoms with E-state index >= 15 is 0 Å². The summed E-state index contributed by atoms with van der Waals surface area (Å²) >= 11 is 0. The van der Waals surface area contributed by atoms with Crippen LogP contribution in [0.25, 0.3) is 0 Å². The van der Waals surface area contributed by atoms with Gasteiger partial charge in [0.15, 0.2) is 0 Å². The number of aliphatic imine (C=N–C) groups is 1. The van der Waals surface area contributed by atoms with Crippen molar-refractivity contribution >= 4 is 23.7 Å². The number of aldehydes is 1. The monoisotopic (exact) mass is 228 g/mol. The van der Waals surface area contributed by atoms with E-state index in [-0.39, 0.29) is 5.91 Å². The maximum atomic E-state index is 11.4. The molecule has 86 valence electrons. The Morgan fingerprint density at radius 1 is 1.12 bits per heavy atom. The number of benzene rings is 1. The van der Waals surface area contributed by atoms with Crippen LogP contribution < -0.4 is 5.32 Å². The minimum absolute atomic E-state index is 0.106. The number of nitrogens with zero attached hydrogens (tertiary/aromatic N) is 1. The van der Waals surface area contributed by atoms with Crippen molar-refractivity contribution in [1.29, 1.82) is 0 Å². The highest BCUT2D eigenvalue weighted by Crippen LogP contribution is 2.18. The van der Waals surface area contributed by atoms with Crippen molar-refractivity contribution in [2.24, 2.45) is 4.99 Å². The molecule has 0 saturated heterocycles. The lowest BCUT2D eigenvalue weighted by atomic mass is 10.2. The molecule has 1 aromatic carbocycles. The molecular weight excluding hydrogens is 216 g/mol. The summed E-state index contributed by atoms with van der Waals surface area (Å²) in [5, 5.41) is 2.70. The topological polar surface area (TPSA) is 58.5 Å². The van der Waals surface area contributed by atoms with E-state index in [4.69, 9.17) is 0 Å². The van der Waals surface area contributed by atoms with Crippen LogP contribution in [0.1, 0.15) is 24.2 Å². The molecule has 17 heavy (non-hydrogen) atoms. The Balaban J connectivity index is 2.31. The van der Waals surface area contributed by atoms with Crippen molar-refractivity contribution in [3.8, 4) is 0 Å². The lowest BCUT2D eigenvalue weighted by Gasteiger charge is -2.00. The quantitative estimate of drug-likeness (QED) is 0.787. The van der Waals surface area contributed by atoms with Gasteiger partial charge < -0.3 is 5.32 Å². The second kappa shape index (κ2) is 4.33. The molecule has 0 fully saturated rings.